The Bertz CT molecular complexity index is 487. The van der Waals surface area contributed by atoms with Crippen molar-refractivity contribution in [1.29, 1.82) is 0 Å². The van der Waals surface area contributed by atoms with Crippen molar-refractivity contribution < 1.29 is 8.78 Å². The molecule has 2 unspecified atom stereocenters. The lowest BCUT2D eigenvalue weighted by Gasteiger charge is -2.47. The lowest BCUT2D eigenvalue weighted by atomic mass is 9.91. The third-order valence-corrected chi connectivity index (χ3v) is 4.55. The predicted octanol–water partition coefficient (Wildman–Crippen LogP) is 2.93. The maximum atomic E-state index is 13.4. The molecule has 1 N–H and O–H groups in total. The van der Waals surface area contributed by atoms with Gasteiger partial charge in [0.25, 0.3) is 0 Å². The van der Waals surface area contributed by atoms with Crippen LogP contribution in [0.5, 0.6) is 0 Å². The Morgan fingerprint density at radius 1 is 1.26 bits per heavy atom. The van der Waals surface area contributed by atoms with Gasteiger partial charge in [0.15, 0.2) is 11.6 Å². The molecule has 0 bridgehead atoms. The summed E-state index contributed by atoms with van der Waals surface area (Å²) in [6.45, 7) is 6.08. The summed E-state index contributed by atoms with van der Waals surface area (Å²) in [5.41, 5.74) is 0.872. The first-order valence-electron chi connectivity index (χ1n) is 6.96. The Hall–Kier alpha value is -1.16. The van der Waals surface area contributed by atoms with E-state index in [0.29, 0.717) is 5.92 Å². The van der Waals surface area contributed by atoms with E-state index in [0.717, 1.165) is 18.8 Å². The average Bonchev–Trinajstić information content (AvgIpc) is 3.21. The number of nitrogens with zero attached hydrogens (tertiary/aromatic N) is 1. The van der Waals surface area contributed by atoms with Gasteiger partial charge < -0.3 is 10.2 Å². The summed E-state index contributed by atoms with van der Waals surface area (Å²) >= 11 is 0. The first-order valence-corrected chi connectivity index (χ1v) is 6.96. The van der Waals surface area contributed by atoms with Crippen molar-refractivity contribution in [3.63, 3.8) is 0 Å². The quantitative estimate of drug-likeness (QED) is 0.885. The molecule has 0 aromatic heterocycles. The molecule has 3 rings (SSSR count). The van der Waals surface area contributed by atoms with Crippen molar-refractivity contribution >= 4 is 5.69 Å². The number of hydrogen-bond donors (Lipinski definition) is 1. The fourth-order valence-corrected chi connectivity index (χ4v) is 3.06. The second-order valence-electron chi connectivity index (χ2n) is 6.15. The number of halogens is 2. The highest BCUT2D eigenvalue weighted by atomic mass is 19.2. The molecule has 2 nitrogen and oxygen atoms in total. The molecule has 1 aliphatic carbocycles. The van der Waals surface area contributed by atoms with Crippen LogP contribution in [0.2, 0.25) is 0 Å². The van der Waals surface area contributed by atoms with Crippen molar-refractivity contribution in [1.82, 2.24) is 5.32 Å². The van der Waals surface area contributed by atoms with Crippen LogP contribution in [-0.4, -0.2) is 24.7 Å². The summed E-state index contributed by atoms with van der Waals surface area (Å²) in [4.78, 5) is 2.19. The highest BCUT2D eigenvalue weighted by molar-refractivity contribution is 5.49. The van der Waals surface area contributed by atoms with Crippen molar-refractivity contribution in [2.24, 2.45) is 5.92 Å². The number of nitrogens with one attached hydrogen (secondary N) is 1. The number of piperazine rings is 1. The van der Waals surface area contributed by atoms with Crippen molar-refractivity contribution in [2.45, 2.75) is 38.3 Å². The van der Waals surface area contributed by atoms with Gasteiger partial charge in [0, 0.05) is 36.4 Å². The molecule has 2 atom stereocenters. The van der Waals surface area contributed by atoms with E-state index in [1.54, 1.807) is 6.07 Å². The van der Waals surface area contributed by atoms with Gasteiger partial charge in [-0.25, -0.2) is 8.78 Å². The highest BCUT2D eigenvalue weighted by Gasteiger charge is 2.45. The lowest BCUT2D eigenvalue weighted by molar-refractivity contribution is 0.260. The van der Waals surface area contributed by atoms with Gasteiger partial charge in [0.2, 0.25) is 0 Å². The predicted molar refractivity (Wildman–Crippen MR) is 72.3 cm³/mol. The monoisotopic (exact) mass is 266 g/mol. The fraction of sp³-hybridized carbons (Fsp3) is 0.600. The highest BCUT2D eigenvalue weighted by Crippen LogP contribution is 2.42. The number of hydrogen-bond acceptors (Lipinski definition) is 2. The van der Waals surface area contributed by atoms with Crippen LogP contribution in [0, 0.1) is 17.6 Å². The third-order valence-electron chi connectivity index (χ3n) is 4.55. The number of anilines is 1. The molecule has 1 saturated heterocycles. The van der Waals surface area contributed by atoms with Crippen LogP contribution < -0.4 is 10.2 Å². The van der Waals surface area contributed by atoms with Gasteiger partial charge in [-0.15, -0.1) is 0 Å². The molecule has 19 heavy (non-hydrogen) atoms. The number of rotatable bonds is 2. The van der Waals surface area contributed by atoms with Crippen LogP contribution >= 0.6 is 0 Å². The molecule has 2 fully saturated rings. The van der Waals surface area contributed by atoms with E-state index in [4.69, 9.17) is 0 Å². The second-order valence-corrected chi connectivity index (χ2v) is 6.15. The molecular formula is C15H20F2N2. The molecule has 1 aromatic carbocycles. The SMILES string of the molecule is CC1CNC(C)(C2CC2)CN1c1ccc(F)c(F)c1. The van der Waals surface area contributed by atoms with Crippen molar-refractivity contribution in [2.75, 3.05) is 18.0 Å². The summed E-state index contributed by atoms with van der Waals surface area (Å²) in [7, 11) is 0. The number of benzene rings is 1. The van der Waals surface area contributed by atoms with Gasteiger partial charge in [-0.3, -0.25) is 0 Å². The molecular weight excluding hydrogens is 246 g/mol. The molecule has 1 saturated carbocycles. The average molecular weight is 266 g/mol. The zero-order valence-electron chi connectivity index (χ0n) is 11.4. The standard InChI is InChI=1S/C15H20F2N2/c1-10-8-18-15(2,11-3-4-11)9-19(10)12-5-6-13(16)14(17)7-12/h5-7,10-11,18H,3-4,8-9H2,1-2H3. The topological polar surface area (TPSA) is 15.3 Å². The minimum atomic E-state index is -0.781. The maximum Gasteiger partial charge on any atom is 0.160 e. The van der Waals surface area contributed by atoms with E-state index < -0.39 is 11.6 Å². The largest absolute Gasteiger partial charge is 0.366 e. The summed E-state index contributed by atoms with van der Waals surface area (Å²) in [6.07, 6.45) is 2.53. The van der Waals surface area contributed by atoms with Gasteiger partial charge >= 0.3 is 0 Å². The summed E-state index contributed by atoms with van der Waals surface area (Å²) in [6, 6.07) is 4.49. The first-order chi connectivity index (χ1) is 8.99. The van der Waals surface area contributed by atoms with E-state index in [2.05, 4.69) is 24.1 Å². The molecule has 0 amide bonds. The lowest BCUT2D eigenvalue weighted by Crippen LogP contribution is -2.63. The van der Waals surface area contributed by atoms with E-state index in [9.17, 15) is 8.78 Å². The van der Waals surface area contributed by atoms with E-state index in [-0.39, 0.29) is 11.6 Å². The molecule has 104 valence electrons. The second kappa shape index (κ2) is 4.44. The smallest absolute Gasteiger partial charge is 0.160 e. The Balaban J connectivity index is 1.86. The Kier molecular flexibility index (Phi) is 3.01. The van der Waals surface area contributed by atoms with Gasteiger partial charge in [-0.1, -0.05) is 0 Å². The van der Waals surface area contributed by atoms with Crippen LogP contribution in [0.25, 0.3) is 0 Å². The zero-order valence-corrected chi connectivity index (χ0v) is 11.4. The fourth-order valence-electron chi connectivity index (χ4n) is 3.06. The van der Waals surface area contributed by atoms with Crippen molar-refractivity contribution in [3.8, 4) is 0 Å². The van der Waals surface area contributed by atoms with Gasteiger partial charge in [-0.05, 0) is 44.7 Å². The van der Waals surface area contributed by atoms with Gasteiger partial charge in [0.05, 0.1) is 0 Å². The molecule has 4 heteroatoms. The Morgan fingerprint density at radius 3 is 2.63 bits per heavy atom. The van der Waals surface area contributed by atoms with Crippen LogP contribution in [0.1, 0.15) is 26.7 Å². The third kappa shape index (κ3) is 2.34. The minimum absolute atomic E-state index is 0.0946. The zero-order chi connectivity index (χ0) is 13.6. The summed E-state index contributed by atoms with van der Waals surface area (Å²) < 4.78 is 26.5. The normalized spacial score (nSPS) is 31.6. The minimum Gasteiger partial charge on any atom is -0.366 e. The molecule has 1 heterocycles. The molecule has 1 aromatic rings. The van der Waals surface area contributed by atoms with Crippen LogP contribution in [-0.2, 0) is 0 Å². The van der Waals surface area contributed by atoms with Crippen molar-refractivity contribution in [3.05, 3.63) is 29.8 Å². The van der Waals surface area contributed by atoms with E-state index >= 15 is 0 Å². The Labute approximate surface area is 112 Å². The molecule has 1 aliphatic heterocycles. The maximum absolute atomic E-state index is 13.4. The molecule has 2 aliphatic rings. The summed E-state index contributed by atoms with van der Waals surface area (Å²) in [5.74, 6) is -0.833. The van der Waals surface area contributed by atoms with Gasteiger partial charge in [0.1, 0.15) is 0 Å². The van der Waals surface area contributed by atoms with E-state index in [1.807, 2.05) is 0 Å². The first kappa shape index (κ1) is 12.9. The van der Waals surface area contributed by atoms with E-state index in [1.165, 1.54) is 25.0 Å². The molecule has 0 radical (unpaired) electrons. The van der Waals surface area contributed by atoms with Crippen LogP contribution in [0.4, 0.5) is 14.5 Å². The summed E-state index contributed by atoms with van der Waals surface area (Å²) in [5, 5.41) is 3.62. The molecule has 0 spiro atoms. The van der Waals surface area contributed by atoms with Gasteiger partial charge in [-0.2, -0.15) is 0 Å². The Morgan fingerprint density at radius 2 is 2.00 bits per heavy atom. The van der Waals surface area contributed by atoms with Crippen LogP contribution in [0.3, 0.4) is 0 Å². The van der Waals surface area contributed by atoms with Crippen LogP contribution in [0.15, 0.2) is 18.2 Å².